The Balaban J connectivity index is 1.53. The monoisotopic (exact) mass is 361 g/mol. The van der Waals surface area contributed by atoms with E-state index in [2.05, 4.69) is 19.7 Å². The fraction of sp³-hybridized carbons (Fsp3) is 0.842. The molecule has 144 valence electrons. The lowest BCUT2D eigenvalue weighted by atomic mass is 9.94. The Bertz CT molecular complexity index is 652. The highest BCUT2D eigenvalue weighted by Gasteiger charge is 2.40. The van der Waals surface area contributed by atoms with E-state index < -0.39 is 6.10 Å². The third kappa shape index (κ3) is 3.27. The summed E-state index contributed by atoms with van der Waals surface area (Å²) in [7, 11) is 0. The molecular formula is C19H31N5O2. The number of amides is 1. The summed E-state index contributed by atoms with van der Waals surface area (Å²) in [6, 6.07) is 0.535. The number of likely N-dealkylation sites (tertiary alicyclic amines) is 1. The van der Waals surface area contributed by atoms with Gasteiger partial charge in [-0.15, -0.1) is 10.2 Å². The third-order valence-electron chi connectivity index (χ3n) is 6.26. The number of carbonyl (C=O) groups excluding carboxylic acids is 1. The van der Waals surface area contributed by atoms with Gasteiger partial charge in [-0.1, -0.05) is 33.1 Å². The highest BCUT2D eigenvalue weighted by molar-refractivity contribution is 5.78. The van der Waals surface area contributed by atoms with Crippen molar-refractivity contribution in [2.45, 2.75) is 83.6 Å². The first kappa shape index (κ1) is 17.9. The topological polar surface area (TPSA) is 74.5 Å². The van der Waals surface area contributed by atoms with Gasteiger partial charge in [-0.05, 0) is 12.8 Å². The molecule has 1 aromatic heterocycles. The average Bonchev–Trinajstić information content (AvgIpc) is 3.24. The van der Waals surface area contributed by atoms with E-state index in [9.17, 15) is 9.90 Å². The molecule has 2 fully saturated rings. The fourth-order valence-electron chi connectivity index (χ4n) is 4.84. The normalized spacial score (nSPS) is 27.9. The van der Waals surface area contributed by atoms with Crippen molar-refractivity contribution in [1.82, 2.24) is 24.6 Å². The van der Waals surface area contributed by atoms with Gasteiger partial charge in [0.2, 0.25) is 5.91 Å². The summed E-state index contributed by atoms with van der Waals surface area (Å²) in [6.45, 7) is 6.97. The summed E-state index contributed by atoms with van der Waals surface area (Å²) in [5.74, 6) is 1.88. The Hall–Kier alpha value is -1.47. The van der Waals surface area contributed by atoms with Crippen molar-refractivity contribution >= 4 is 5.91 Å². The number of rotatable bonds is 3. The van der Waals surface area contributed by atoms with Crippen LogP contribution in [0.1, 0.15) is 70.1 Å². The summed E-state index contributed by atoms with van der Waals surface area (Å²) < 4.78 is 2.20. The van der Waals surface area contributed by atoms with Gasteiger partial charge in [-0.25, -0.2) is 0 Å². The quantitative estimate of drug-likeness (QED) is 0.887. The average molecular weight is 361 g/mol. The van der Waals surface area contributed by atoms with Gasteiger partial charge in [0.25, 0.3) is 0 Å². The Morgan fingerprint density at radius 2 is 1.92 bits per heavy atom. The van der Waals surface area contributed by atoms with Crippen LogP contribution >= 0.6 is 0 Å². The van der Waals surface area contributed by atoms with Gasteiger partial charge < -0.3 is 14.6 Å². The maximum Gasteiger partial charge on any atom is 0.225 e. The second-order valence-corrected chi connectivity index (χ2v) is 8.44. The second kappa shape index (κ2) is 7.27. The smallest absolute Gasteiger partial charge is 0.225 e. The van der Waals surface area contributed by atoms with Crippen LogP contribution < -0.4 is 0 Å². The van der Waals surface area contributed by atoms with Crippen LogP contribution in [0.3, 0.4) is 0 Å². The molecule has 1 saturated heterocycles. The molecule has 0 aromatic carbocycles. The number of carbonyl (C=O) groups is 1. The van der Waals surface area contributed by atoms with Crippen LogP contribution in [0.5, 0.6) is 0 Å². The molecule has 1 aliphatic carbocycles. The van der Waals surface area contributed by atoms with Gasteiger partial charge in [0.15, 0.2) is 5.82 Å². The first-order valence-electron chi connectivity index (χ1n) is 10.2. The van der Waals surface area contributed by atoms with E-state index in [1.165, 1.54) is 32.1 Å². The van der Waals surface area contributed by atoms with Crippen molar-refractivity contribution in [3.8, 4) is 0 Å². The van der Waals surface area contributed by atoms with E-state index in [-0.39, 0.29) is 17.9 Å². The number of aliphatic hydroxyl groups excluding tert-OH is 1. The molecule has 0 bridgehead atoms. The fourth-order valence-corrected chi connectivity index (χ4v) is 4.84. The number of hydrogen-bond acceptors (Lipinski definition) is 5. The predicted molar refractivity (Wildman–Crippen MR) is 97.2 cm³/mol. The predicted octanol–water partition coefficient (Wildman–Crippen LogP) is 1.72. The summed E-state index contributed by atoms with van der Waals surface area (Å²) >= 11 is 0. The van der Waals surface area contributed by atoms with Crippen LogP contribution in [0.15, 0.2) is 0 Å². The van der Waals surface area contributed by atoms with Crippen molar-refractivity contribution in [1.29, 1.82) is 0 Å². The minimum Gasteiger partial charge on any atom is -0.391 e. The minimum absolute atomic E-state index is 0.0756. The van der Waals surface area contributed by atoms with Crippen LogP contribution in [0, 0.1) is 5.92 Å². The van der Waals surface area contributed by atoms with E-state index in [4.69, 9.17) is 0 Å². The molecule has 1 aromatic rings. The summed E-state index contributed by atoms with van der Waals surface area (Å²) in [6.07, 6.45) is 6.73. The number of hydrogen-bond donors (Lipinski definition) is 1. The van der Waals surface area contributed by atoms with Gasteiger partial charge in [0.1, 0.15) is 5.82 Å². The molecule has 2 aliphatic heterocycles. The Morgan fingerprint density at radius 3 is 2.65 bits per heavy atom. The van der Waals surface area contributed by atoms with Crippen molar-refractivity contribution in [3.63, 3.8) is 0 Å². The van der Waals surface area contributed by atoms with Gasteiger partial charge in [0, 0.05) is 38.0 Å². The zero-order chi connectivity index (χ0) is 18.3. The number of β-amino-alcohol motifs (C(OH)–C–C–N with tert-alkyl or cyclic N) is 1. The van der Waals surface area contributed by atoms with E-state index in [0.717, 1.165) is 31.3 Å². The molecule has 1 amide bonds. The zero-order valence-electron chi connectivity index (χ0n) is 16.0. The molecule has 26 heavy (non-hydrogen) atoms. The summed E-state index contributed by atoms with van der Waals surface area (Å²) in [5, 5.41) is 19.1. The first-order valence-corrected chi connectivity index (χ1v) is 10.2. The zero-order valence-corrected chi connectivity index (χ0v) is 16.0. The van der Waals surface area contributed by atoms with E-state index in [1.807, 2.05) is 13.8 Å². The number of aliphatic hydroxyl groups is 1. The molecular weight excluding hydrogens is 330 g/mol. The molecule has 1 saturated carbocycles. The molecule has 7 heteroatoms. The van der Waals surface area contributed by atoms with Crippen molar-refractivity contribution < 1.29 is 9.90 Å². The number of aromatic nitrogens is 3. The van der Waals surface area contributed by atoms with Crippen molar-refractivity contribution in [3.05, 3.63) is 11.6 Å². The molecule has 7 nitrogen and oxygen atoms in total. The van der Waals surface area contributed by atoms with Crippen LogP contribution in [-0.4, -0.2) is 60.8 Å². The molecule has 3 aliphatic rings. The lowest BCUT2D eigenvalue weighted by molar-refractivity contribution is -0.135. The van der Waals surface area contributed by atoms with Crippen LogP contribution in [0.2, 0.25) is 0 Å². The van der Waals surface area contributed by atoms with Gasteiger partial charge in [-0.2, -0.15) is 0 Å². The molecule has 4 rings (SSSR count). The Morgan fingerprint density at radius 1 is 1.15 bits per heavy atom. The lowest BCUT2D eigenvalue weighted by Crippen LogP contribution is -2.43. The number of nitrogens with zero attached hydrogens (tertiary/aromatic N) is 5. The van der Waals surface area contributed by atoms with E-state index in [0.29, 0.717) is 19.0 Å². The molecule has 0 spiro atoms. The summed E-state index contributed by atoms with van der Waals surface area (Å²) in [5.41, 5.74) is 0. The third-order valence-corrected chi connectivity index (χ3v) is 6.26. The second-order valence-electron chi connectivity index (χ2n) is 8.44. The molecule has 2 atom stereocenters. The minimum atomic E-state index is -0.474. The van der Waals surface area contributed by atoms with Crippen LogP contribution in [0.4, 0.5) is 0 Å². The van der Waals surface area contributed by atoms with Crippen molar-refractivity contribution in [2.75, 3.05) is 13.1 Å². The van der Waals surface area contributed by atoms with E-state index in [1.54, 1.807) is 4.90 Å². The van der Waals surface area contributed by atoms with Gasteiger partial charge >= 0.3 is 0 Å². The Labute approximate surface area is 155 Å². The van der Waals surface area contributed by atoms with E-state index >= 15 is 0 Å². The lowest BCUT2D eigenvalue weighted by Gasteiger charge is -2.37. The van der Waals surface area contributed by atoms with Crippen LogP contribution in [-0.2, 0) is 17.9 Å². The SMILES string of the molecule is CC(C)C(=O)N1C[C@H](O)C[C@H]1c1nnc2n1CCN(C1CCCCC1)C2. The Kier molecular flexibility index (Phi) is 5.01. The molecule has 0 unspecified atom stereocenters. The standard InChI is InChI=1S/C19H31N5O2/c1-13(2)19(26)24-11-15(25)10-16(24)18-21-20-17-12-22(8-9-23(17)18)14-6-4-3-5-7-14/h13-16,25H,3-12H2,1-2H3/t15-,16+/m1/s1. The van der Waals surface area contributed by atoms with Crippen molar-refractivity contribution in [2.24, 2.45) is 5.92 Å². The number of fused-ring (bicyclic) bond motifs is 1. The molecule has 1 N–H and O–H groups in total. The summed E-state index contributed by atoms with van der Waals surface area (Å²) in [4.78, 5) is 16.9. The maximum atomic E-state index is 12.6. The largest absolute Gasteiger partial charge is 0.391 e. The van der Waals surface area contributed by atoms with Gasteiger partial charge in [0.05, 0.1) is 18.7 Å². The maximum absolute atomic E-state index is 12.6. The van der Waals surface area contributed by atoms with Gasteiger partial charge in [-0.3, -0.25) is 9.69 Å². The first-order chi connectivity index (χ1) is 12.5. The van der Waals surface area contributed by atoms with Crippen LogP contribution in [0.25, 0.3) is 0 Å². The molecule has 3 heterocycles. The highest BCUT2D eigenvalue weighted by atomic mass is 16.3. The highest BCUT2D eigenvalue weighted by Crippen LogP contribution is 2.34. The molecule has 0 radical (unpaired) electrons.